The number of morpholine rings is 1. The van der Waals surface area contributed by atoms with Gasteiger partial charge in [-0.25, -0.2) is 0 Å². The van der Waals surface area contributed by atoms with E-state index < -0.39 is 53.7 Å². The van der Waals surface area contributed by atoms with Crippen molar-refractivity contribution in [1.82, 2.24) is 20.0 Å². The number of amides is 3. The van der Waals surface area contributed by atoms with E-state index >= 15 is 0 Å². The van der Waals surface area contributed by atoms with Gasteiger partial charge >= 0.3 is 5.97 Å². The topological polar surface area (TPSA) is 138 Å². The minimum atomic E-state index is -1.24. The van der Waals surface area contributed by atoms with Crippen LogP contribution in [0.15, 0.2) is 55.6 Å². The smallest absolute Gasteiger partial charge is 0.313 e. The molecule has 1 aromatic carbocycles. The second-order valence-electron chi connectivity index (χ2n) is 13.5. The molecule has 0 unspecified atom stereocenters. The van der Waals surface area contributed by atoms with Crippen LogP contribution in [-0.4, -0.2) is 126 Å². The number of aliphatic hydroxyl groups is 1. The lowest BCUT2D eigenvalue weighted by atomic mass is 9.70. The predicted octanol–water partition coefficient (Wildman–Crippen LogP) is 2.23. The third kappa shape index (κ3) is 7.47. The maximum atomic E-state index is 14.6. The van der Waals surface area contributed by atoms with Crippen LogP contribution in [0.1, 0.15) is 57.6 Å². The third-order valence-electron chi connectivity index (χ3n) is 10.6. The zero-order valence-electron chi connectivity index (χ0n) is 28.8. The molecule has 5 rings (SSSR count). The summed E-state index contributed by atoms with van der Waals surface area (Å²) in [5, 5.41) is 13.4. The Morgan fingerprint density at radius 2 is 1.92 bits per heavy atom. The van der Waals surface area contributed by atoms with E-state index in [1.54, 1.807) is 24.0 Å². The number of nitrogens with zero attached hydrogens (tertiary/aromatic N) is 3. The number of rotatable bonds is 17. The van der Waals surface area contributed by atoms with E-state index in [1.165, 1.54) is 4.90 Å². The number of fused-ring (bicyclic) bond motifs is 1. The summed E-state index contributed by atoms with van der Waals surface area (Å²) in [5.41, 5.74) is -0.541. The summed E-state index contributed by atoms with van der Waals surface area (Å²) in [6, 6.07) is 6.97. The van der Waals surface area contributed by atoms with Gasteiger partial charge in [0.05, 0.1) is 49.8 Å². The van der Waals surface area contributed by atoms with E-state index in [0.29, 0.717) is 57.6 Å². The lowest BCUT2D eigenvalue weighted by molar-refractivity contribution is -0.162. The average Bonchev–Trinajstić information content (AvgIpc) is 3.76. The Morgan fingerprint density at radius 3 is 2.57 bits per heavy atom. The average molecular weight is 681 g/mol. The number of likely N-dealkylation sites (tertiary alicyclic amines) is 1. The monoisotopic (exact) mass is 680 g/mol. The summed E-state index contributed by atoms with van der Waals surface area (Å²) in [6.07, 6.45) is 4.00. The number of nitrogens with one attached hydrogen (secondary N) is 1. The van der Waals surface area contributed by atoms with Gasteiger partial charge in [-0.15, -0.1) is 13.2 Å². The molecule has 0 aromatic heterocycles. The molecule has 0 aliphatic carbocycles. The highest BCUT2D eigenvalue weighted by Gasteiger charge is 2.75. The van der Waals surface area contributed by atoms with Crippen molar-refractivity contribution in [1.29, 1.82) is 0 Å². The Hall–Kier alpha value is -3.58. The number of carbonyl (C=O) groups is 4. The van der Waals surface area contributed by atoms with Gasteiger partial charge in [0.2, 0.25) is 17.7 Å². The number of hydrogen-bond acceptors (Lipinski definition) is 9. The standard InChI is InChI=1S/C37H52N4O8/c1-5-8-14-29(43)38-25(4)32(26-12-10-9-11-13-26)48-36(46)30-28-15-16-37(49-28)31(30)34(44)41(27(7-3)24-42)33(37)35(45)40(17-6-2)19-18-39-20-22-47-23-21-39/h5-6,9-13,25,27-28,30-33,42H,1-2,7-8,14-24H2,3-4H3,(H,38,43)/t25-,27-,28-,30+,31+,32-,33-,37+/m0/s1. The Bertz CT molecular complexity index is 1350. The molecule has 4 heterocycles. The molecule has 1 aromatic rings. The van der Waals surface area contributed by atoms with E-state index in [0.717, 1.165) is 13.1 Å². The molecule has 4 fully saturated rings. The van der Waals surface area contributed by atoms with Gasteiger partial charge in [0, 0.05) is 39.1 Å². The number of ether oxygens (including phenoxy) is 3. The van der Waals surface area contributed by atoms with Crippen LogP contribution in [-0.2, 0) is 33.4 Å². The summed E-state index contributed by atoms with van der Waals surface area (Å²) in [4.78, 5) is 61.6. The van der Waals surface area contributed by atoms with Crippen LogP contribution in [0, 0.1) is 11.8 Å². The van der Waals surface area contributed by atoms with Crippen molar-refractivity contribution in [3.05, 3.63) is 61.2 Å². The van der Waals surface area contributed by atoms with Gasteiger partial charge in [-0.05, 0) is 38.2 Å². The largest absolute Gasteiger partial charge is 0.455 e. The molecule has 12 nitrogen and oxygen atoms in total. The number of allylic oxidation sites excluding steroid dienone is 1. The third-order valence-corrected chi connectivity index (χ3v) is 10.6. The lowest BCUT2D eigenvalue weighted by Crippen LogP contribution is -2.59. The van der Waals surface area contributed by atoms with E-state index in [9.17, 15) is 24.3 Å². The van der Waals surface area contributed by atoms with E-state index in [4.69, 9.17) is 14.2 Å². The molecule has 49 heavy (non-hydrogen) atoms. The summed E-state index contributed by atoms with van der Waals surface area (Å²) in [7, 11) is 0. The van der Waals surface area contributed by atoms with Gasteiger partial charge in [-0.3, -0.25) is 24.1 Å². The molecule has 3 amide bonds. The molecule has 268 valence electrons. The Kier molecular flexibility index (Phi) is 12.3. The van der Waals surface area contributed by atoms with Crippen molar-refractivity contribution in [2.45, 2.75) is 81.9 Å². The summed E-state index contributed by atoms with van der Waals surface area (Å²) >= 11 is 0. The van der Waals surface area contributed by atoms with Crippen molar-refractivity contribution >= 4 is 23.7 Å². The molecule has 2 bridgehead atoms. The Balaban J connectivity index is 1.43. The molecule has 4 saturated heterocycles. The minimum Gasteiger partial charge on any atom is -0.455 e. The lowest BCUT2D eigenvalue weighted by Gasteiger charge is -2.39. The van der Waals surface area contributed by atoms with Gasteiger partial charge in [-0.2, -0.15) is 0 Å². The highest BCUT2D eigenvalue weighted by Crippen LogP contribution is 2.59. The Labute approximate surface area is 289 Å². The first kappa shape index (κ1) is 36.7. The number of benzene rings is 1. The minimum absolute atomic E-state index is 0.193. The maximum absolute atomic E-state index is 14.6. The van der Waals surface area contributed by atoms with E-state index in [2.05, 4.69) is 23.4 Å². The summed E-state index contributed by atoms with van der Waals surface area (Å²) < 4.78 is 18.4. The van der Waals surface area contributed by atoms with E-state index in [1.807, 2.05) is 37.3 Å². The van der Waals surface area contributed by atoms with Gasteiger partial charge < -0.3 is 34.4 Å². The fraction of sp³-hybridized carbons (Fsp3) is 0.622. The number of esters is 1. The second kappa shape index (κ2) is 16.4. The van der Waals surface area contributed by atoms with Crippen molar-refractivity contribution in [2.24, 2.45) is 11.8 Å². The number of hydrogen-bond donors (Lipinski definition) is 2. The van der Waals surface area contributed by atoms with Crippen LogP contribution in [0.2, 0.25) is 0 Å². The van der Waals surface area contributed by atoms with Crippen molar-refractivity contribution in [3.8, 4) is 0 Å². The van der Waals surface area contributed by atoms with Crippen LogP contribution < -0.4 is 5.32 Å². The molecule has 4 aliphatic rings. The van der Waals surface area contributed by atoms with Crippen LogP contribution in [0.4, 0.5) is 0 Å². The van der Waals surface area contributed by atoms with Gasteiger partial charge in [0.15, 0.2) is 0 Å². The predicted molar refractivity (Wildman–Crippen MR) is 182 cm³/mol. The summed E-state index contributed by atoms with van der Waals surface area (Å²) in [6.45, 7) is 15.0. The highest BCUT2D eigenvalue weighted by molar-refractivity contribution is 5.98. The number of aliphatic hydroxyl groups excluding tert-OH is 1. The maximum Gasteiger partial charge on any atom is 0.313 e. The molecule has 0 radical (unpaired) electrons. The van der Waals surface area contributed by atoms with Gasteiger partial charge in [0.1, 0.15) is 17.7 Å². The first-order valence-corrected chi connectivity index (χ1v) is 17.7. The Morgan fingerprint density at radius 1 is 1.18 bits per heavy atom. The quantitative estimate of drug-likeness (QED) is 0.188. The molecular formula is C37H52N4O8. The first-order chi connectivity index (χ1) is 23.7. The fourth-order valence-electron chi connectivity index (χ4n) is 8.09. The van der Waals surface area contributed by atoms with Crippen LogP contribution in [0.5, 0.6) is 0 Å². The van der Waals surface area contributed by atoms with Crippen molar-refractivity contribution in [3.63, 3.8) is 0 Å². The molecule has 0 saturated carbocycles. The SMILES string of the molecule is C=CCCC(=O)N[C@@H](C)[C@H](OC(=O)[C@@H]1[C@@H]2CC[C@]3(O2)[C@H](C(=O)N(CC=C)CCN2CCOCC2)N([C@@H](CC)CO)C(=O)[C@@H]13)c1ccccc1. The molecule has 2 N–H and O–H groups in total. The molecular weight excluding hydrogens is 628 g/mol. The van der Waals surface area contributed by atoms with Crippen LogP contribution in [0.3, 0.4) is 0 Å². The summed E-state index contributed by atoms with van der Waals surface area (Å²) in [5.74, 6) is -3.35. The number of carbonyl (C=O) groups excluding carboxylic acids is 4. The molecule has 12 heteroatoms. The van der Waals surface area contributed by atoms with Crippen LogP contribution >= 0.6 is 0 Å². The highest BCUT2D eigenvalue weighted by atomic mass is 16.6. The second-order valence-corrected chi connectivity index (χ2v) is 13.5. The molecule has 4 aliphatic heterocycles. The zero-order valence-corrected chi connectivity index (χ0v) is 28.8. The van der Waals surface area contributed by atoms with Crippen LogP contribution in [0.25, 0.3) is 0 Å². The van der Waals surface area contributed by atoms with Gasteiger partial charge in [0.25, 0.3) is 0 Å². The fourth-order valence-corrected chi connectivity index (χ4v) is 8.09. The van der Waals surface area contributed by atoms with E-state index in [-0.39, 0.29) is 37.3 Å². The molecule has 8 atom stereocenters. The normalized spacial score (nSPS) is 28.0. The van der Waals surface area contributed by atoms with Crippen molar-refractivity contribution in [2.75, 3.05) is 52.5 Å². The zero-order chi connectivity index (χ0) is 35.1. The van der Waals surface area contributed by atoms with Gasteiger partial charge in [-0.1, -0.05) is 49.4 Å². The van der Waals surface area contributed by atoms with Crippen molar-refractivity contribution < 1.29 is 38.5 Å². The molecule has 1 spiro atoms. The first-order valence-electron chi connectivity index (χ1n) is 17.7.